The Hall–Kier alpha value is -2.33. The Morgan fingerprint density at radius 2 is 1.57 bits per heavy atom. The number of allylic oxidation sites excluding steroid dienone is 2. The van der Waals surface area contributed by atoms with Gasteiger partial charge in [-0.2, -0.15) is 0 Å². The predicted molar refractivity (Wildman–Crippen MR) is 179 cm³/mol. The molecule has 0 fully saturated rings. The molecular weight excluding hydrogens is 782 g/mol. The average Bonchev–Trinajstić information content (AvgIpc) is 3.33. The number of nitrogens with zero attached hydrogens (tertiary/aromatic N) is 1. The second kappa shape index (κ2) is 13.1. The molecule has 3 aromatic heterocycles. The van der Waals surface area contributed by atoms with E-state index in [0.29, 0.717) is 14.5 Å². The molecule has 3 heterocycles. The first-order valence-electron chi connectivity index (χ1n) is 14.6. The van der Waals surface area contributed by atoms with Crippen LogP contribution in [0.4, 0.5) is 0 Å². The Kier molecular flexibility index (Phi) is 10.2. The van der Waals surface area contributed by atoms with Crippen LogP contribution >= 0.6 is 11.3 Å². The normalized spacial score (nSPS) is 12.6. The first kappa shape index (κ1) is 32.6. The second-order valence-electron chi connectivity index (χ2n) is 11.4. The van der Waals surface area contributed by atoms with Crippen LogP contribution in [-0.4, -0.2) is 30.4 Å². The Bertz CT molecular complexity index is 1910. The van der Waals surface area contributed by atoms with Crippen LogP contribution in [0.25, 0.3) is 50.5 Å². The van der Waals surface area contributed by atoms with Crippen molar-refractivity contribution >= 4 is 82.1 Å². The number of pyridine rings is 1. The summed E-state index contributed by atoms with van der Waals surface area (Å²) in [5, 5.41) is 15.3. The topological polar surface area (TPSA) is 50.2 Å². The van der Waals surface area contributed by atoms with Crippen molar-refractivity contribution in [1.82, 2.24) is 4.98 Å². The molecule has 6 heteroatoms. The molecule has 0 unspecified atom stereocenters. The van der Waals surface area contributed by atoms with Gasteiger partial charge in [0, 0.05) is 37.0 Å². The minimum atomic E-state index is -0.337. The van der Waals surface area contributed by atoms with Gasteiger partial charge in [-0.05, 0) is 25.7 Å². The van der Waals surface area contributed by atoms with E-state index in [4.69, 9.17) is 4.98 Å². The van der Waals surface area contributed by atoms with E-state index in [-0.39, 0.29) is 42.5 Å². The molecule has 6 rings (SSSR count). The molecule has 3 nitrogen and oxygen atoms in total. The van der Waals surface area contributed by atoms with Crippen LogP contribution in [0.3, 0.4) is 0 Å². The zero-order chi connectivity index (χ0) is 29.4. The third kappa shape index (κ3) is 5.90. The zero-order valence-electron chi connectivity index (χ0n) is 25.1. The quantitative estimate of drug-likeness (QED) is 0.0756. The van der Waals surface area contributed by atoms with Gasteiger partial charge in [0.2, 0.25) is 0 Å². The standard InChI is InChI=1S/C21H10NSSe.C15H28O2.Ir/c1-2-7-14-12(5-1)11-16-21(22-14)13-6-3-9-17-19(13)20-15(23-16)8-4-10-18(20)24-17;1-7-14(5,8-2)12(16)11-13(17)15(6,9-3)10-4;/h1-5,7-11H;11,16H,7-10H2,1-6H3;/q-1;;/b;12-11-;. The second-order valence-corrected chi connectivity index (χ2v) is 14.7. The molecule has 221 valence electrons. The van der Waals surface area contributed by atoms with Crippen LogP contribution < -0.4 is 0 Å². The summed E-state index contributed by atoms with van der Waals surface area (Å²) in [6.45, 7) is 12.1. The summed E-state index contributed by atoms with van der Waals surface area (Å²) in [6.07, 6.45) is 4.75. The molecule has 1 radical (unpaired) electrons. The molecular formula is C36H38IrNO2SSe-. The molecule has 3 aromatic carbocycles. The van der Waals surface area contributed by atoms with Crippen molar-refractivity contribution < 1.29 is 30.0 Å². The van der Waals surface area contributed by atoms with Crippen LogP contribution in [-0.2, 0) is 24.9 Å². The van der Waals surface area contributed by atoms with E-state index in [1.807, 2.05) is 52.9 Å². The van der Waals surface area contributed by atoms with Crippen molar-refractivity contribution in [3.05, 3.63) is 78.6 Å². The molecule has 0 aliphatic carbocycles. The summed E-state index contributed by atoms with van der Waals surface area (Å²) in [7, 11) is 0. The van der Waals surface area contributed by atoms with E-state index in [1.54, 1.807) is 0 Å². The molecule has 0 saturated carbocycles. The van der Waals surface area contributed by atoms with Crippen molar-refractivity contribution in [1.29, 1.82) is 0 Å². The SMILES string of the molecule is CCC(C)(CC)C(=O)/C=C(\O)C(C)(CC)CC.[Ir].[c-]1ccc2[se]c3cccc4sc5cc6ccccc6nc5c1c2c43. The number of aromatic nitrogens is 1. The number of hydrogen-bond acceptors (Lipinski definition) is 4. The van der Waals surface area contributed by atoms with Crippen LogP contribution in [0.15, 0.2) is 72.5 Å². The fraction of sp³-hybridized carbons (Fsp3) is 0.333. The van der Waals surface area contributed by atoms with Crippen molar-refractivity contribution in [3.63, 3.8) is 0 Å². The molecule has 0 aliphatic rings. The van der Waals surface area contributed by atoms with Gasteiger partial charge in [0.15, 0.2) is 5.78 Å². The summed E-state index contributed by atoms with van der Waals surface area (Å²) in [5.74, 6) is 0.286. The third-order valence-corrected chi connectivity index (χ3v) is 12.6. The van der Waals surface area contributed by atoms with Crippen LogP contribution in [0.2, 0.25) is 0 Å². The fourth-order valence-electron chi connectivity index (χ4n) is 5.20. The van der Waals surface area contributed by atoms with Gasteiger partial charge in [-0.25, -0.2) is 0 Å². The van der Waals surface area contributed by atoms with Crippen LogP contribution in [0.5, 0.6) is 0 Å². The van der Waals surface area contributed by atoms with E-state index in [9.17, 15) is 9.90 Å². The van der Waals surface area contributed by atoms with Gasteiger partial charge in [0.1, 0.15) is 5.76 Å². The summed E-state index contributed by atoms with van der Waals surface area (Å²) >= 11 is 2.24. The van der Waals surface area contributed by atoms with Gasteiger partial charge in [-0.1, -0.05) is 41.5 Å². The molecule has 1 N–H and O–H groups in total. The molecule has 0 atom stereocenters. The van der Waals surface area contributed by atoms with E-state index >= 15 is 0 Å². The van der Waals surface area contributed by atoms with Crippen molar-refractivity contribution in [2.75, 3.05) is 0 Å². The molecule has 0 amide bonds. The summed E-state index contributed by atoms with van der Waals surface area (Å²) in [4.78, 5) is 17.2. The number of aliphatic hydroxyl groups excluding tert-OH is 1. The molecule has 42 heavy (non-hydrogen) atoms. The minimum absolute atomic E-state index is 0. The van der Waals surface area contributed by atoms with Crippen molar-refractivity contribution in [3.8, 4) is 0 Å². The number of para-hydroxylation sites is 1. The zero-order valence-corrected chi connectivity index (χ0v) is 30.1. The monoisotopic (exact) mass is 821 g/mol. The Morgan fingerprint density at radius 1 is 0.905 bits per heavy atom. The number of aliphatic hydroxyl groups is 1. The summed E-state index contributed by atoms with van der Waals surface area (Å²) in [5.41, 5.74) is 1.53. The fourth-order valence-corrected chi connectivity index (χ4v) is 8.87. The van der Waals surface area contributed by atoms with Crippen LogP contribution in [0.1, 0.15) is 67.2 Å². The van der Waals surface area contributed by atoms with Gasteiger partial charge in [0.25, 0.3) is 0 Å². The van der Waals surface area contributed by atoms with E-state index in [1.165, 1.54) is 45.5 Å². The molecule has 0 aliphatic heterocycles. The van der Waals surface area contributed by atoms with Gasteiger partial charge >= 0.3 is 148 Å². The Balaban J connectivity index is 0.000000203. The van der Waals surface area contributed by atoms with Gasteiger partial charge in [-0.3, -0.25) is 4.79 Å². The average molecular weight is 820 g/mol. The maximum atomic E-state index is 12.2. The molecule has 0 bridgehead atoms. The van der Waals surface area contributed by atoms with Crippen molar-refractivity contribution in [2.24, 2.45) is 10.8 Å². The van der Waals surface area contributed by atoms with Crippen LogP contribution in [0, 0.1) is 16.9 Å². The summed E-state index contributed by atoms with van der Waals surface area (Å²) < 4.78 is 5.53. The van der Waals surface area contributed by atoms with Gasteiger partial charge in [-0.15, -0.1) is 0 Å². The third-order valence-electron chi connectivity index (χ3n) is 9.16. The summed E-state index contributed by atoms with van der Waals surface area (Å²) in [6, 6.07) is 25.2. The number of hydrogen-bond donors (Lipinski definition) is 1. The Labute approximate surface area is 272 Å². The van der Waals surface area contributed by atoms with Gasteiger partial charge < -0.3 is 5.11 Å². The number of carbonyl (C=O) groups is 1. The number of carbonyl (C=O) groups excluding carboxylic acids is 1. The van der Waals surface area contributed by atoms with Crippen molar-refractivity contribution in [2.45, 2.75) is 67.2 Å². The van der Waals surface area contributed by atoms with Gasteiger partial charge in [0.05, 0.1) is 0 Å². The molecule has 0 saturated heterocycles. The van der Waals surface area contributed by atoms with E-state index < -0.39 is 0 Å². The first-order chi connectivity index (χ1) is 19.7. The number of rotatable bonds is 7. The maximum absolute atomic E-state index is 12.2. The predicted octanol–water partition coefficient (Wildman–Crippen LogP) is 10.4. The molecule has 6 aromatic rings. The van der Waals surface area contributed by atoms with E-state index in [2.05, 4.69) is 66.7 Å². The Morgan fingerprint density at radius 3 is 2.26 bits per heavy atom. The number of fused-ring (bicyclic) bond motifs is 3. The number of benzene rings is 3. The molecule has 0 spiro atoms. The first-order valence-corrected chi connectivity index (χ1v) is 17.1. The number of ketones is 1. The van der Waals surface area contributed by atoms with E-state index in [0.717, 1.165) is 36.7 Å².